The van der Waals surface area contributed by atoms with Crippen LogP contribution in [0.3, 0.4) is 0 Å². The first kappa shape index (κ1) is 20.0. The van der Waals surface area contributed by atoms with Crippen molar-refractivity contribution in [2.75, 3.05) is 6.16 Å². The molecule has 0 atom stereocenters. The van der Waals surface area contributed by atoms with Gasteiger partial charge in [0.1, 0.15) is 0 Å². The van der Waals surface area contributed by atoms with Gasteiger partial charge in [0.15, 0.2) is 21.1 Å². The van der Waals surface area contributed by atoms with Crippen LogP contribution in [-0.4, -0.2) is 28.6 Å². The molecule has 11 heteroatoms. The highest BCUT2D eigenvalue weighted by Crippen LogP contribution is 2.22. The third-order valence-corrected chi connectivity index (χ3v) is 1.52. The summed E-state index contributed by atoms with van der Waals surface area (Å²) in [6.07, 6.45) is 3.30. The van der Waals surface area contributed by atoms with Crippen LogP contribution in [0.1, 0.15) is 13.3 Å². The molecule has 16 heavy (non-hydrogen) atoms. The van der Waals surface area contributed by atoms with E-state index >= 15 is 0 Å². The lowest BCUT2D eigenvalue weighted by atomic mass is 10.6. The van der Waals surface area contributed by atoms with Crippen LogP contribution in [0.15, 0.2) is 20.4 Å². The normalized spacial score (nSPS) is 9.25. The lowest BCUT2D eigenvalue weighted by Gasteiger charge is -1.93. The number of hydrogen-bond acceptors (Lipinski definition) is 8. The van der Waals surface area contributed by atoms with Crippen molar-refractivity contribution in [1.82, 2.24) is 0 Å². The van der Waals surface area contributed by atoms with Crippen LogP contribution in [0.4, 0.5) is 0 Å². The summed E-state index contributed by atoms with van der Waals surface area (Å²) in [4.78, 5) is 16.3. The number of hydrazone groups is 2. The summed E-state index contributed by atoms with van der Waals surface area (Å²) in [6.45, 7) is 1.92. The van der Waals surface area contributed by atoms with E-state index in [4.69, 9.17) is 20.8 Å². The van der Waals surface area contributed by atoms with Crippen LogP contribution in [0, 0.1) is 11.1 Å². The minimum Gasteiger partial charge on any atom is -0.350 e. The van der Waals surface area contributed by atoms with Gasteiger partial charge in [0.2, 0.25) is 0 Å². The van der Waals surface area contributed by atoms with Crippen LogP contribution < -0.4 is 11.7 Å². The predicted octanol–water partition coefficient (Wildman–Crippen LogP) is 0.532. The summed E-state index contributed by atoms with van der Waals surface area (Å²) in [5, 5.41) is 11.1. The number of hydrogen-bond donors (Lipinski definition) is 6. The van der Waals surface area contributed by atoms with E-state index in [-0.39, 0.29) is 0 Å². The highest BCUT2D eigenvalue weighted by Gasteiger charge is 1.90. The molecule has 10 nitrogen and oxygen atoms in total. The van der Waals surface area contributed by atoms with E-state index in [1.54, 1.807) is 0 Å². The maximum absolute atomic E-state index is 8.17. The molecule has 0 amide bonds. The molecule has 0 aliphatic rings. The second-order valence-electron chi connectivity index (χ2n) is 1.88. The molecule has 0 aromatic heterocycles. The van der Waals surface area contributed by atoms with E-state index in [2.05, 4.69) is 32.1 Å². The van der Waals surface area contributed by atoms with Crippen molar-refractivity contribution in [1.29, 1.82) is 11.1 Å². The Morgan fingerprint density at radius 1 is 1.12 bits per heavy atom. The third kappa shape index (κ3) is 54.7. The summed E-state index contributed by atoms with van der Waals surface area (Å²) in [5.74, 6) is 8.99. The van der Waals surface area contributed by atoms with Gasteiger partial charge in [-0.25, -0.2) is 11.1 Å². The minimum atomic E-state index is -1.60. The molecule has 0 saturated heterocycles. The summed E-state index contributed by atoms with van der Waals surface area (Å²) >= 11 is 0. The van der Waals surface area contributed by atoms with Gasteiger partial charge < -0.3 is 21.5 Å². The molecule has 0 aromatic carbocycles. The lowest BCUT2D eigenvalue weighted by Crippen LogP contribution is -1.75. The van der Waals surface area contributed by atoms with E-state index in [0.717, 1.165) is 19.1 Å². The van der Waals surface area contributed by atoms with Crippen molar-refractivity contribution >= 4 is 21.1 Å². The first-order valence-electron chi connectivity index (χ1n) is 3.92. The first-order valence-corrected chi connectivity index (χ1v) is 5.35. The molecule has 0 aliphatic carbocycles. The Morgan fingerprint density at radius 3 is 1.50 bits per heavy atom. The molecule has 0 fully saturated rings. The molecule has 94 valence electrons. The maximum atomic E-state index is 8.17. The largest absolute Gasteiger partial charge is 0.350 e. The highest BCUT2D eigenvalue weighted by molar-refractivity contribution is 7.45. The van der Waals surface area contributed by atoms with Crippen LogP contribution in [0.25, 0.3) is 0 Å². The summed E-state index contributed by atoms with van der Waals surface area (Å²) in [6, 6.07) is 0. The number of nitrogens with two attached hydrogens (primary N) is 2. The quantitative estimate of drug-likeness (QED) is 0.106. The fourth-order valence-corrected chi connectivity index (χ4v) is 0.667. The molecule has 0 unspecified atom stereocenters. The van der Waals surface area contributed by atoms with Crippen molar-refractivity contribution in [3.8, 4) is 0 Å². The van der Waals surface area contributed by atoms with Gasteiger partial charge in [-0.15, -0.1) is 10.2 Å². The zero-order valence-corrected chi connectivity index (χ0v) is 9.75. The molecule has 8 N–H and O–H groups in total. The Bertz CT molecular complexity index is 181. The van der Waals surface area contributed by atoms with Gasteiger partial charge in [0.25, 0.3) is 0 Å². The average molecular weight is 252 g/mol. The van der Waals surface area contributed by atoms with E-state index in [0.29, 0.717) is 6.16 Å². The molecule has 0 spiro atoms. The molecule has 0 saturated carbocycles. The number of nitrogens with zero attached hydrogens (tertiary/aromatic N) is 4. The van der Waals surface area contributed by atoms with Crippen molar-refractivity contribution < 1.29 is 9.79 Å². The Balaban J connectivity index is -0.000000160. The van der Waals surface area contributed by atoms with Crippen molar-refractivity contribution in [2.45, 2.75) is 13.3 Å². The zero-order chi connectivity index (χ0) is 13.2. The molecule has 0 aliphatic heterocycles. The summed E-state index contributed by atoms with van der Waals surface area (Å²) < 4.78 is 0. The molecule has 0 aromatic rings. The van der Waals surface area contributed by atoms with Gasteiger partial charge in [0, 0.05) is 6.16 Å². The number of nitrogens with one attached hydrogen (secondary N) is 2. The van der Waals surface area contributed by atoms with Crippen molar-refractivity contribution in [3.63, 3.8) is 0 Å². The molecular weight excluding hydrogens is 235 g/mol. The fraction of sp³-hybridized carbons (Fsp3) is 0.600. The van der Waals surface area contributed by atoms with Gasteiger partial charge in [-0.1, -0.05) is 6.92 Å². The van der Waals surface area contributed by atoms with Crippen LogP contribution in [0.2, 0.25) is 0 Å². The Morgan fingerprint density at radius 2 is 1.50 bits per heavy atom. The molecule has 0 bridgehead atoms. The summed E-state index contributed by atoms with van der Waals surface area (Å²) in [5.41, 5.74) is 12.0. The smallest absolute Gasteiger partial charge is 0.164 e. The Labute approximate surface area is 94.4 Å². The molecular formula is C5H17N8O2P. The molecule has 0 heterocycles. The molecule has 0 radical (unpaired) electrons. The average Bonchev–Trinajstić information content (AvgIpc) is 2.21. The third-order valence-electron chi connectivity index (χ3n) is 0.672. The van der Waals surface area contributed by atoms with E-state index in [9.17, 15) is 0 Å². The minimum absolute atomic E-state index is 0.551. The van der Waals surface area contributed by atoms with Crippen LogP contribution in [0.5, 0.6) is 0 Å². The van der Waals surface area contributed by atoms with Crippen molar-refractivity contribution in [3.05, 3.63) is 0 Å². The van der Waals surface area contributed by atoms with Gasteiger partial charge in [0.05, 0.1) is 0 Å². The highest BCUT2D eigenvalue weighted by atomic mass is 31.2. The lowest BCUT2D eigenvalue weighted by molar-refractivity contribution is 0.481. The van der Waals surface area contributed by atoms with Crippen LogP contribution >= 0.6 is 8.38 Å². The van der Waals surface area contributed by atoms with Gasteiger partial charge in [-0.3, -0.25) is 0 Å². The fourth-order valence-electron chi connectivity index (χ4n) is 0.267. The second-order valence-corrected chi connectivity index (χ2v) is 3.07. The Hall–Kier alpha value is -1.51. The number of rotatable bonds is 4. The standard InChI is InChI=1S/C3H9O2P.2CH4N4/c1-2-3-6(4)5;2*2-4-1-5-3/h4-5H,2-3H2,1H3;2*1-2H,3H2. The maximum Gasteiger partial charge on any atom is 0.164 e. The zero-order valence-electron chi connectivity index (χ0n) is 8.85. The second kappa shape index (κ2) is 23.4. The SMILES string of the molecule is CCCP(O)O.N=NC=NN.N=NC=NN. The Kier molecular flexibility index (Phi) is 29.2. The summed E-state index contributed by atoms with van der Waals surface area (Å²) in [7, 11) is -1.60. The van der Waals surface area contributed by atoms with E-state index < -0.39 is 8.38 Å². The predicted molar refractivity (Wildman–Crippen MR) is 62.2 cm³/mol. The van der Waals surface area contributed by atoms with E-state index in [1.165, 1.54) is 0 Å². The monoisotopic (exact) mass is 252 g/mol. The topological polar surface area (TPSA) is 190 Å². The van der Waals surface area contributed by atoms with Crippen molar-refractivity contribution in [2.24, 2.45) is 32.1 Å². The van der Waals surface area contributed by atoms with Gasteiger partial charge in [-0.2, -0.15) is 10.2 Å². The molecule has 0 rings (SSSR count). The van der Waals surface area contributed by atoms with Gasteiger partial charge >= 0.3 is 0 Å². The first-order chi connectivity index (χ1) is 7.60. The van der Waals surface area contributed by atoms with Gasteiger partial charge in [-0.05, 0) is 6.42 Å². The van der Waals surface area contributed by atoms with Crippen LogP contribution in [-0.2, 0) is 0 Å². The van der Waals surface area contributed by atoms with E-state index in [1.807, 2.05) is 6.92 Å².